The predicted octanol–water partition coefficient (Wildman–Crippen LogP) is 2.57. The molecular weight excluding hydrogens is 176 g/mol. The molecule has 0 aliphatic carbocycles. The third-order valence-electron chi connectivity index (χ3n) is 1.73. The molecule has 0 aliphatic rings. The first-order valence-electron chi connectivity index (χ1n) is 5.07. The zero-order valence-corrected chi connectivity index (χ0v) is 10.1. The summed E-state index contributed by atoms with van der Waals surface area (Å²) in [6, 6.07) is 0. The van der Waals surface area contributed by atoms with E-state index in [9.17, 15) is 4.79 Å². The standard InChI is InChI=1S/C11H22N2O/c1-8(2)7-9(3)12-13-10(14)11(4,5)6/h8H,7H2,1-6H3,(H,13,14)/b12-9+. The van der Waals surface area contributed by atoms with E-state index in [0.29, 0.717) is 5.92 Å². The summed E-state index contributed by atoms with van der Waals surface area (Å²) in [7, 11) is 0. The Balaban J connectivity index is 4.10. The van der Waals surface area contributed by atoms with Gasteiger partial charge in [0.1, 0.15) is 0 Å². The summed E-state index contributed by atoms with van der Waals surface area (Å²) in [5.41, 5.74) is 3.17. The first-order valence-corrected chi connectivity index (χ1v) is 5.07. The maximum absolute atomic E-state index is 11.4. The molecule has 82 valence electrons. The molecule has 3 nitrogen and oxygen atoms in total. The quantitative estimate of drug-likeness (QED) is 0.549. The molecule has 3 heteroatoms. The van der Waals surface area contributed by atoms with Crippen LogP contribution in [0.5, 0.6) is 0 Å². The summed E-state index contributed by atoms with van der Waals surface area (Å²) in [5.74, 6) is 0.533. The fourth-order valence-electron chi connectivity index (χ4n) is 0.950. The van der Waals surface area contributed by atoms with Crippen LogP contribution in [0.25, 0.3) is 0 Å². The van der Waals surface area contributed by atoms with E-state index in [4.69, 9.17) is 0 Å². The lowest BCUT2D eigenvalue weighted by Gasteiger charge is -2.15. The van der Waals surface area contributed by atoms with Crippen LogP contribution in [0, 0.1) is 11.3 Å². The third-order valence-corrected chi connectivity index (χ3v) is 1.73. The van der Waals surface area contributed by atoms with Crippen LogP contribution in [-0.4, -0.2) is 11.6 Å². The van der Waals surface area contributed by atoms with Gasteiger partial charge in [-0.3, -0.25) is 4.79 Å². The third kappa shape index (κ3) is 5.73. The maximum Gasteiger partial charge on any atom is 0.245 e. The number of hydrazone groups is 1. The van der Waals surface area contributed by atoms with Crippen LogP contribution >= 0.6 is 0 Å². The molecule has 0 saturated heterocycles. The lowest BCUT2D eigenvalue weighted by Crippen LogP contribution is -2.32. The molecule has 0 unspecified atom stereocenters. The monoisotopic (exact) mass is 198 g/mol. The second-order valence-corrected chi connectivity index (χ2v) is 5.14. The van der Waals surface area contributed by atoms with Gasteiger partial charge in [0.25, 0.3) is 0 Å². The van der Waals surface area contributed by atoms with Gasteiger partial charge in [-0.25, -0.2) is 5.43 Å². The SMILES string of the molecule is C/C(CC(C)C)=N\NC(=O)C(C)(C)C. The van der Waals surface area contributed by atoms with Gasteiger partial charge in [0.05, 0.1) is 0 Å². The summed E-state index contributed by atoms with van der Waals surface area (Å²) in [6.45, 7) is 11.8. The molecule has 0 aromatic heterocycles. The Labute approximate surface area is 87.0 Å². The van der Waals surface area contributed by atoms with Crippen molar-refractivity contribution in [1.29, 1.82) is 0 Å². The normalized spacial score (nSPS) is 13.2. The second-order valence-electron chi connectivity index (χ2n) is 5.14. The van der Waals surface area contributed by atoms with E-state index in [1.165, 1.54) is 0 Å². The van der Waals surface area contributed by atoms with Gasteiger partial charge in [-0.1, -0.05) is 34.6 Å². The topological polar surface area (TPSA) is 41.5 Å². The minimum atomic E-state index is -0.373. The van der Waals surface area contributed by atoms with Crippen LogP contribution in [0.3, 0.4) is 0 Å². The van der Waals surface area contributed by atoms with Crippen LogP contribution in [0.15, 0.2) is 5.10 Å². The van der Waals surface area contributed by atoms with Gasteiger partial charge >= 0.3 is 0 Å². The highest BCUT2D eigenvalue weighted by Crippen LogP contribution is 2.12. The van der Waals surface area contributed by atoms with Crippen LogP contribution in [-0.2, 0) is 4.79 Å². The molecule has 14 heavy (non-hydrogen) atoms. The Bertz CT molecular complexity index is 224. The molecule has 0 aliphatic heterocycles. The fraction of sp³-hybridized carbons (Fsp3) is 0.818. The number of amides is 1. The van der Waals surface area contributed by atoms with Gasteiger partial charge < -0.3 is 0 Å². The number of hydrogen-bond donors (Lipinski definition) is 1. The minimum Gasteiger partial charge on any atom is -0.273 e. The average molecular weight is 198 g/mol. The zero-order chi connectivity index (χ0) is 11.4. The van der Waals surface area contributed by atoms with Crippen LogP contribution < -0.4 is 5.43 Å². The highest BCUT2D eigenvalue weighted by Gasteiger charge is 2.20. The van der Waals surface area contributed by atoms with E-state index in [1.807, 2.05) is 27.7 Å². The van der Waals surface area contributed by atoms with E-state index in [1.54, 1.807) is 0 Å². The molecule has 1 N–H and O–H groups in total. The first kappa shape index (κ1) is 13.1. The van der Waals surface area contributed by atoms with Crippen molar-refractivity contribution < 1.29 is 4.79 Å². The molecule has 0 saturated carbocycles. The van der Waals surface area contributed by atoms with Crippen LogP contribution in [0.2, 0.25) is 0 Å². The molecule has 0 bridgehead atoms. The molecule has 0 fully saturated rings. The molecule has 1 amide bonds. The van der Waals surface area contributed by atoms with Gasteiger partial charge in [-0.05, 0) is 19.3 Å². The fourth-order valence-corrected chi connectivity index (χ4v) is 0.950. The second kappa shape index (κ2) is 5.13. The molecule has 0 spiro atoms. The average Bonchev–Trinajstić information content (AvgIpc) is 1.96. The van der Waals surface area contributed by atoms with Crippen LogP contribution in [0.4, 0.5) is 0 Å². The minimum absolute atomic E-state index is 0.0411. The highest BCUT2D eigenvalue weighted by molar-refractivity contribution is 5.86. The van der Waals surface area contributed by atoms with E-state index in [0.717, 1.165) is 12.1 Å². The molecule has 0 aromatic rings. The number of carbonyl (C=O) groups is 1. The summed E-state index contributed by atoms with van der Waals surface area (Å²) < 4.78 is 0. The van der Waals surface area contributed by atoms with E-state index < -0.39 is 0 Å². The van der Waals surface area contributed by atoms with Gasteiger partial charge in [0.15, 0.2) is 0 Å². The highest BCUT2D eigenvalue weighted by atomic mass is 16.2. The van der Waals surface area contributed by atoms with E-state index >= 15 is 0 Å². The summed E-state index contributed by atoms with van der Waals surface area (Å²) in [4.78, 5) is 11.4. The van der Waals surface area contributed by atoms with E-state index in [-0.39, 0.29) is 11.3 Å². The van der Waals surface area contributed by atoms with Crippen molar-refractivity contribution in [3.05, 3.63) is 0 Å². The first-order chi connectivity index (χ1) is 6.23. The predicted molar refractivity (Wildman–Crippen MR) is 60.2 cm³/mol. The zero-order valence-electron chi connectivity index (χ0n) is 10.1. The summed E-state index contributed by atoms with van der Waals surface area (Å²) in [5, 5.41) is 4.05. The van der Waals surface area contributed by atoms with E-state index in [2.05, 4.69) is 24.4 Å². The Morgan fingerprint density at radius 3 is 2.21 bits per heavy atom. The molecule has 0 atom stereocenters. The Hall–Kier alpha value is -0.860. The molecule has 0 rings (SSSR count). The molecular formula is C11H22N2O. The van der Waals surface area contributed by atoms with Crippen LogP contribution in [0.1, 0.15) is 48.0 Å². The van der Waals surface area contributed by atoms with Crippen molar-refractivity contribution in [1.82, 2.24) is 5.43 Å². The smallest absolute Gasteiger partial charge is 0.245 e. The van der Waals surface area contributed by atoms with Crippen molar-refractivity contribution in [3.8, 4) is 0 Å². The lowest BCUT2D eigenvalue weighted by atomic mass is 9.96. The van der Waals surface area contributed by atoms with Crippen molar-refractivity contribution in [2.24, 2.45) is 16.4 Å². The van der Waals surface area contributed by atoms with Crippen molar-refractivity contribution in [2.75, 3.05) is 0 Å². The molecule has 0 radical (unpaired) electrons. The van der Waals surface area contributed by atoms with Crippen molar-refractivity contribution >= 4 is 11.6 Å². The van der Waals surface area contributed by atoms with Gasteiger partial charge in [-0.15, -0.1) is 0 Å². The van der Waals surface area contributed by atoms with Gasteiger partial charge in [0.2, 0.25) is 5.91 Å². The maximum atomic E-state index is 11.4. The lowest BCUT2D eigenvalue weighted by molar-refractivity contribution is -0.128. The number of rotatable bonds is 3. The number of nitrogens with one attached hydrogen (secondary N) is 1. The van der Waals surface area contributed by atoms with Gasteiger partial charge in [0, 0.05) is 11.1 Å². The molecule has 0 aromatic carbocycles. The van der Waals surface area contributed by atoms with Crippen molar-refractivity contribution in [3.63, 3.8) is 0 Å². The number of nitrogens with zero attached hydrogens (tertiary/aromatic N) is 1. The largest absolute Gasteiger partial charge is 0.273 e. The Morgan fingerprint density at radius 2 is 1.86 bits per heavy atom. The van der Waals surface area contributed by atoms with Crippen molar-refractivity contribution in [2.45, 2.75) is 48.0 Å². The molecule has 0 heterocycles. The Kier molecular flexibility index (Phi) is 4.81. The summed E-state index contributed by atoms with van der Waals surface area (Å²) in [6.07, 6.45) is 0.921. The van der Waals surface area contributed by atoms with Gasteiger partial charge in [-0.2, -0.15) is 5.10 Å². The number of carbonyl (C=O) groups excluding carboxylic acids is 1. The Morgan fingerprint density at radius 1 is 1.36 bits per heavy atom. The number of hydrogen-bond acceptors (Lipinski definition) is 2. The summed E-state index contributed by atoms with van der Waals surface area (Å²) >= 11 is 0.